The molecular formula is C28H26N6O3. The van der Waals surface area contributed by atoms with Crippen LogP contribution in [0.5, 0.6) is 11.6 Å². The quantitative estimate of drug-likeness (QED) is 0.266. The van der Waals surface area contributed by atoms with Gasteiger partial charge in [0.05, 0.1) is 25.6 Å². The van der Waals surface area contributed by atoms with Crippen LogP contribution in [0.3, 0.4) is 0 Å². The van der Waals surface area contributed by atoms with E-state index in [9.17, 15) is 4.79 Å². The van der Waals surface area contributed by atoms with Crippen LogP contribution in [0.2, 0.25) is 0 Å². The van der Waals surface area contributed by atoms with Crippen LogP contribution >= 0.6 is 0 Å². The zero-order valence-corrected chi connectivity index (χ0v) is 20.6. The van der Waals surface area contributed by atoms with Crippen LogP contribution in [0, 0.1) is 0 Å². The largest absolute Gasteiger partial charge is 0.491 e. The van der Waals surface area contributed by atoms with E-state index in [1.165, 1.54) is 5.56 Å². The molecule has 0 aliphatic heterocycles. The lowest BCUT2D eigenvalue weighted by molar-refractivity contribution is 0.0980. The Morgan fingerprint density at radius 3 is 2.54 bits per heavy atom. The number of rotatable bonds is 10. The number of imidazole rings is 1. The number of aromatic nitrogens is 5. The minimum Gasteiger partial charge on any atom is -0.491 e. The molecule has 0 unspecified atom stereocenters. The monoisotopic (exact) mass is 494 g/mol. The molecule has 186 valence electrons. The van der Waals surface area contributed by atoms with Gasteiger partial charge in [0, 0.05) is 42.3 Å². The highest BCUT2D eigenvalue weighted by Gasteiger charge is 2.13. The van der Waals surface area contributed by atoms with Gasteiger partial charge in [0.25, 0.3) is 5.88 Å². The van der Waals surface area contributed by atoms with E-state index < -0.39 is 0 Å². The van der Waals surface area contributed by atoms with Crippen molar-refractivity contribution in [2.45, 2.75) is 19.3 Å². The minimum atomic E-state index is 0.125. The van der Waals surface area contributed by atoms with E-state index in [4.69, 9.17) is 9.47 Å². The molecule has 0 aliphatic rings. The summed E-state index contributed by atoms with van der Waals surface area (Å²) in [5.74, 6) is 1.62. The van der Waals surface area contributed by atoms with Crippen LogP contribution < -0.4 is 14.8 Å². The molecule has 0 amide bonds. The van der Waals surface area contributed by atoms with Gasteiger partial charge in [-0.3, -0.25) is 9.78 Å². The molecule has 1 N–H and O–H groups in total. The SMILES string of the molecule is COc1ccc(Nc2cc(-c3ccc(C(=O)CCCc4ccncc4)cc3)nn3ccnc23)nc1OC. The third kappa shape index (κ3) is 5.40. The summed E-state index contributed by atoms with van der Waals surface area (Å²) in [6, 6.07) is 17.0. The summed E-state index contributed by atoms with van der Waals surface area (Å²) in [5, 5.41) is 7.99. The highest BCUT2D eigenvalue weighted by Crippen LogP contribution is 2.30. The van der Waals surface area contributed by atoms with Gasteiger partial charge < -0.3 is 14.8 Å². The number of carbonyl (C=O) groups excluding carboxylic acids is 1. The number of carbonyl (C=O) groups is 1. The van der Waals surface area contributed by atoms with E-state index in [0.717, 1.165) is 29.8 Å². The second-order valence-electron chi connectivity index (χ2n) is 8.38. The lowest BCUT2D eigenvalue weighted by atomic mass is 10.0. The number of nitrogens with one attached hydrogen (secondary N) is 1. The summed E-state index contributed by atoms with van der Waals surface area (Å²) in [4.78, 5) is 25.6. The number of nitrogens with zero attached hydrogens (tertiary/aromatic N) is 5. The van der Waals surface area contributed by atoms with Crippen LogP contribution in [0.1, 0.15) is 28.8 Å². The van der Waals surface area contributed by atoms with Crippen molar-refractivity contribution in [2.75, 3.05) is 19.5 Å². The molecule has 0 aliphatic carbocycles. The van der Waals surface area contributed by atoms with Gasteiger partial charge in [-0.2, -0.15) is 10.1 Å². The number of hydrogen-bond acceptors (Lipinski definition) is 8. The first-order valence-corrected chi connectivity index (χ1v) is 11.9. The summed E-state index contributed by atoms with van der Waals surface area (Å²) < 4.78 is 12.3. The number of benzene rings is 1. The number of ether oxygens (including phenoxy) is 2. The lowest BCUT2D eigenvalue weighted by Crippen LogP contribution is -2.03. The third-order valence-electron chi connectivity index (χ3n) is 5.98. The fraction of sp³-hybridized carbons (Fsp3) is 0.179. The molecule has 0 spiro atoms. The molecule has 1 aromatic carbocycles. The molecule has 5 rings (SSSR count). The first-order chi connectivity index (χ1) is 18.1. The van der Waals surface area contributed by atoms with Gasteiger partial charge in [0.2, 0.25) is 0 Å². The highest BCUT2D eigenvalue weighted by molar-refractivity contribution is 5.96. The molecule has 9 nitrogen and oxygen atoms in total. The molecule has 9 heteroatoms. The van der Waals surface area contributed by atoms with Gasteiger partial charge >= 0.3 is 0 Å². The first kappa shape index (κ1) is 23.9. The van der Waals surface area contributed by atoms with Crippen LogP contribution in [0.25, 0.3) is 16.9 Å². The van der Waals surface area contributed by atoms with Crippen LogP contribution in [0.4, 0.5) is 11.5 Å². The Labute approximate surface area is 214 Å². The normalized spacial score (nSPS) is 10.9. The van der Waals surface area contributed by atoms with Crippen molar-refractivity contribution in [3.8, 4) is 22.9 Å². The van der Waals surface area contributed by atoms with Gasteiger partial charge in [-0.05, 0) is 48.7 Å². The second kappa shape index (κ2) is 10.9. The standard InChI is InChI=1S/C28H26N6O3/c1-36-25-10-11-26(32-28(25)37-2)31-23-18-22(33-34-17-16-30-27(23)34)20-6-8-21(9-7-20)24(35)5-3-4-19-12-14-29-15-13-19/h6-18H,3-5H2,1-2H3,(H,31,32). The molecule has 4 aromatic heterocycles. The molecule has 0 atom stereocenters. The fourth-order valence-electron chi connectivity index (χ4n) is 4.06. The molecule has 0 saturated carbocycles. The Hall–Kier alpha value is -4.79. The summed E-state index contributed by atoms with van der Waals surface area (Å²) in [6.45, 7) is 0. The predicted molar refractivity (Wildman–Crippen MR) is 141 cm³/mol. The van der Waals surface area contributed by atoms with E-state index >= 15 is 0 Å². The predicted octanol–water partition coefficient (Wildman–Crippen LogP) is 5.15. The topological polar surface area (TPSA) is 104 Å². The average molecular weight is 495 g/mol. The van der Waals surface area contributed by atoms with Gasteiger partial charge in [-0.15, -0.1) is 0 Å². The fourth-order valence-corrected chi connectivity index (χ4v) is 4.06. The molecule has 0 bridgehead atoms. The molecule has 4 heterocycles. The number of fused-ring (bicyclic) bond motifs is 1. The first-order valence-electron chi connectivity index (χ1n) is 11.9. The van der Waals surface area contributed by atoms with E-state index in [-0.39, 0.29) is 5.78 Å². The minimum absolute atomic E-state index is 0.125. The smallest absolute Gasteiger partial charge is 0.258 e. The Balaban J connectivity index is 1.34. The molecule has 5 aromatic rings. The number of ketones is 1. The number of methoxy groups -OCH3 is 2. The van der Waals surface area contributed by atoms with Gasteiger partial charge in [-0.25, -0.2) is 9.50 Å². The third-order valence-corrected chi connectivity index (χ3v) is 5.98. The second-order valence-corrected chi connectivity index (χ2v) is 8.38. The maximum atomic E-state index is 12.7. The van der Waals surface area contributed by atoms with Crippen molar-refractivity contribution >= 4 is 22.9 Å². The lowest BCUT2D eigenvalue weighted by Gasteiger charge is -2.12. The van der Waals surface area contributed by atoms with E-state index in [0.29, 0.717) is 35.1 Å². The maximum absolute atomic E-state index is 12.7. The number of Topliss-reactive ketones (excluding diaryl/α,β-unsaturated/α-hetero) is 1. The van der Waals surface area contributed by atoms with Crippen molar-refractivity contribution < 1.29 is 14.3 Å². The molecule has 37 heavy (non-hydrogen) atoms. The Morgan fingerprint density at radius 2 is 1.78 bits per heavy atom. The number of aryl methyl sites for hydroxylation is 1. The van der Waals surface area contributed by atoms with Crippen LogP contribution in [-0.2, 0) is 6.42 Å². The van der Waals surface area contributed by atoms with E-state index in [1.807, 2.05) is 42.5 Å². The molecule has 0 saturated heterocycles. The van der Waals surface area contributed by atoms with E-state index in [2.05, 4.69) is 25.4 Å². The van der Waals surface area contributed by atoms with Crippen molar-refractivity contribution in [1.82, 2.24) is 24.6 Å². The molecule has 0 fully saturated rings. The van der Waals surface area contributed by atoms with Crippen molar-refractivity contribution in [3.63, 3.8) is 0 Å². The molecular weight excluding hydrogens is 468 g/mol. The summed E-state index contributed by atoms with van der Waals surface area (Å²) in [7, 11) is 3.11. The zero-order valence-electron chi connectivity index (χ0n) is 20.6. The Kier molecular flexibility index (Phi) is 7.02. The Bertz CT molecular complexity index is 1520. The van der Waals surface area contributed by atoms with Gasteiger partial charge in [0.15, 0.2) is 17.2 Å². The zero-order chi connectivity index (χ0) is 25.6. The maximum Gasteiger partial charge on any atom is 0.258 e. The summed E-state index contributed by atoms with van der Waals surface area (Å²) in [6.07, 6.45) is 9.16. The van der Waals surface area contributed by atoms with Crippen molar-refractivity contribution in [3.05, 3.63) is 90.5 Å². The van der Waals surface area contributed by atoms with Crippen LogP contribution in [-0.4, -0.2) is 44.6 Å². The number of hydrogen-bond donors (Lipinski definition) is 1. The molecule has 0 radical (unpaired) electrons. The Morgan fingerprint density at radius 1 is 0.973 bits per heavy atom. The summed E-state index contributed by atoms with van der Waals surface area (Å²) >= 11 is 0. The highest BCUT2D eigenvalue weighted by atomic mass is 16.5. The van der Waals surface area contributed by atoms with Gasteiger partial charge in [0.1, 0.15) is 5.82 Å². The van der Waals surface area contributed by atoms with E-state index in [1.54, 1.807) is 55.7 Å². The number of pyridine rings is 2. The summed E-state index contributed by atoms with van der Waals surface area (Å²) in [5.41, 5.74) is 4.87. The van der Waals surface area contributed by atoms with Crippen molar-refractivity contribution in [1.29, 1.82) is 0 Å². The van der Waals surface area contributed by atoms with Gasteiger partial charge in [-0.1, -0.05) is 24.3 Å². The number of anilines is 2. The average Bonchev–Trinajstić information content (AvgIpc) is 3.43. The van der Waals surface area contributed by atoms with Crippen LogP contribution in [0.15, 0.2) is 79.4 Å². The van der Waals surface area contributed by atoms with Crippen molar-refractivity contribution in [2.24, 2.45) is 0 Å².